The zero-order chi connectivity index (χ0) is 20.4. The first kappa shape index (κ1) is 21.0. The monoisotopic (exact) mass is 404 g/mol. The number of aliphatic hydroxyl groups is 2. The third-order valence-corrected chi connectivity index (χ3v) is 7.09. The van der Waals surface area contributed by atoms with Gasteiger partial charge >= 0.3 is 0 Å². The second-order valence-corrected chi connectivity index (χ2v) is 9.65. The van der Waals surface area contributed by atoms with Gasteiger partial charge in [-0.15, -0.1) is 0 Å². The predicted molar refractivity (Wildman–Crippen MR) is 108 cm³/mol. The van der Waals surface area contributed by atoms with Gasteiger partial charge in [-0.25, -0.2) is 8.42 Å². The van der Waals surface area contributed by atoms with Gasteiger partial charge in [-0.2, -0.15) is 4.31 Å². The Balaban J connectivity index is 1.77. The summed E-state index contributed by atoms with van der Waals surface area (Å²) in [6.07, 6.45) is -1.15. The molecule has 6 nitrogen and oxygen atoms in total. The van der Waals surface area contributed by atoms with Crippen molar-refractivity contribution in [2.75, 3.05) is 19.6 Å². The Kier molecular flexibility index (Phi) is 6.21. The Labute approximate surface area is 167 Å². The van der Waals surface area contributed by atoms with Crippen LogP contribution in [0.1, 0.15) is 19.4 Å². The lowest BCUT2D eigenvalue weighted by molar-refractivity contribution is -0.0672. The average molecular weight is 405 g/mol. The maximum atomic E-state index is 12.9. The van der Waals surface area contributed by atoms with Crippen LogP contribution in [0.5, 0.6) is 0 Å². The number of β-amino-alcohol motifs (C(OH)–C–C–N with tert-alkyl or cyclic N) is 2. The lowest BCUT2D eigenvalue weighted by atomic mass is 9.98. The SMILES string of the molecule is CC(C)N(Cc1ccccc1)C[C@]1(O)CN(S(=O)(=O)c2ccccc2)C[C@H]1O. The molecule has 0 unspecified atom stereocenters. The molecular formula is C21H28N2O4S. The molecule has 1 aliphatic rings. The van der Waals surface area contributed by atoms with E-state index in [1.54, 1.807) is 18.2 Å². The van der Waals surface area contributed by atoms with E-state index in [4.69, 9.17) is 0 Å². The van der Waals surface area contributed by atoms with E-state index in [9.17, 15) is 18.6 Å². The summed E-state index contributed by atoms with van der Waals surface area (Å²) in [6, 6.07) is 18.1. The molecule has 0 amide bonds. The highest BCUT2D eigenvalue weighted by Crippen LogP contribution is 2.29. The number of nitrogens with zero attached hydrogens (tertiary/aromatic N) is 2. The van der Waals surface area contributed by atoms with Crippen molar-refractivity contribution < 1.29 is 18.6 Å². The molecule has 0 aromatic heterocycles. The number of rotatable bonds is 7. The zero-order valence-corrected chi connectivity index (χ0v) is 17.1. The fraction of sp³-hybridized carbons (Fsp3) is 0.429. The molecule has 3 rings (SSSR count). The summed E-state index contributed by atoms with van der Waals surface area (Å²) in [4.78, 5) is 2.22. The first-order valence-electron chi connectivity index (χ1n) is 9.46. The highest BCUT2D eigenvalue weighted by Gasteiger charge is 2.49. The maximum Gasteiger partial charge on any atom is 0.243 e. The quantitative estimate of drug-likeness (QED) is 0.734. The number of aliphatic hydroxyl groups excluding tert-OH is 1. The van der Waals surface area contributed by atoms with Gasteiger partial charge in [0.05, 0.1) is 11.0 Å². The van der Waals surface area contributed by atoms with Gasteiger partial charge in [0.15, 0.2) is 0 Å². The summed E-state index contributed by atoms with van der Waals surface area (Å²) in [7, 11) is -3.76. The molecule has 1 saturated heterocycles. The molecule has 28 heavy (non-hydrogen) atoms. The van der Waals surface area contributed by atoms with E-state index < -0.39 is 21.7 Å². The zero-order valence-electron chi connectivity index (χ0n) is 16.3. The van der Waals surface area contributed by atoms with E-state index in [1.165, 1.54) is 16.4 Å². The Hall–Kier alpha value is -1.77. The predicted octanol–water partition coefficient (Wildman–Crippen LogP) is 1.69. The second kappa shape index (κ2) is 8.31. The average Bonchev–Trinajstić information content (AvgIpc) is 2.98. The molecule has 1 aliphatic heterocycles. The molecule has 7 heteroatoms. The van der Waals surface area contributed by atoms with Crippen LogP contribution in [-0.2, 0) is 16.6 Å². The normalized spacial score (nSPS) is 23.6. The molecule has 0 spiro atoms. The summed E-state index contributed by atoms with van der Waals surface area (Å²) in [5.74, 6) is 0. The molecule has 2 N–H and O–H groups in total. The van der Waals surface area contributed by atoms with Crippen molar-refractivity contribution in [3.05, 3.63) is 66.2 Å². The molecule has 1 heterocycles. The van der Waals surface area contributed by atoms with E-state index in [-0.39, 0.29) is 30.6 Å². The summed E-state index contributed by atoms with van der Waals surface area (Å²) in [5, 5.41) is 21.7. The molecule has 1 fully saturated rings. The number of benzene rings is 2. The topological polar surface area (TPSA) is 81.1 Å². The lowest BCUT2D eigenvalue weighted by Gasteiger charge is -2.35. The third-order valence-electron chi connectivity index (χ3n) is 5.26. The lowest BCUT2D eigenvalue weighted by Crippen LogP contribution is -2.52. The van der Waals surface area contributed by atoms with Crippen LogP contribution in [0.25, 0.3) is 0 Å². The Morgan fingerprint density at radius 3 is 2.25 bits per heavy atom. The van der Waals surface area contributed by atoms with E-state index >= 15 is 0 Å². The van der Waals surface area contributed by atoms with Crippen molar-refractivity contribution in [3.63, 3.8) is 0 Å². The van der Waals surface area contributed by atoms with Crippen molar-refractivity contribution in [1.29, 1.82) is 0 Å². The molecule has 152 valence electrons. The molecule has 2 atom stereocenters. The Bertz CT molecular complexity index is 874. The maximum absolute atomic E-state index is 12.9. The summed E-state index contributed by atoms with van der Waals surface area (Å²) in [5.41, 5.74) is -0.429. The van der Waals surface area contributed by atoms with E-state index in [0.717, 1.165) is 5.56 Å². The second-order valence-electron chi connectivity index (χ2n) is 7.71. The van der Waals surface area contributed by atoms with Crippen LogP contribution in [0.3, 0.4) is 0 Å². The molecule has 0 aliphatic carbocycles. The molecular weight excluding hydrogens is 376 g/mol. The fourth-order valence-corrected chi connectivity index (χ4v) is 5.04. The van der Waals surface area contributed by atoms with Crippen LogP contribution in [-0.4, -0.2) is 65.2 Å². The minimum absolute atomic E-state index is 0.120. The first-order valence-corrected chi connectivity index (χ1v) is 10.9. The molecule has 0 bridgehead atoms. The molecule has 2 aromatic carbocycles. The van der Waals surface area contributed by atoms with E-state index in [0.29, 0.717) is 6.54 Å². The highest BCUT2D eigenvalue weighted by atomic mass is 32.2. The first-order chi connectivity index (χ1) is 13.2. The third kappa shape index (κ3) is 4.45. The summed E-state index contributed by atoms with van der Waals surface area (Å²) in [6.45, 7) is 4.58. The van der Waals surface area contributed by atoms with Crippen molar-refractivity contribution in [3.8, 4) is 0 Å². The van der Waals surface area contributed by atoms with Crippen molar-refractivity contribution in [1.82, 2.24) is 9.21 Å². The van der Waals surface area contributed by atoms with Gasteiger partial charge in [0.2, 0.25) is 10.0 Å². The smallest absolute Gasteiger partial charge is 0.243 e. The van der Waals surface area contributed by atoms with Gasteiger partial charge in [0, 0.05) is 32.2 Å². The molecule has 0 radical (unpaired) electrons. The van der Waals surface area contributed by atoms with Crippen LogP contribution >= 0.6 is 0 Å². The Morgan fingerprint density at radius 1 is 1.11 bits per heavy atom. The Morgan fingerprint density at radius 2 is 1.68 bits per heavy atom. The van der Waals surface area contributed by atoms with Gasteiger partial charge < -0.3 is 10.2 Å². The van der Waals surface area contributed by atoms with Crippen LogP contribution in [0.4, 0.5) is 0 Å². The number of hydrogen-bond acceptors (Lipinski definition) is 5. The van der Waals surface area contributed by atoms with E-state index in [1.807, 2.05) is 44.2 Å². The standard InChI is InChI=1S/C21H28N2O4S/c1-17(2)22(13-18-9-5-3-6-10-18)15-21(25)16-23(14-20(21)24)28(26,27)19-11-7-4-8-12-19/h3-12,17,20,24-25H,13-16H2,1-2H3/t20-,21+/m1/s1. The van der Waals surface area contributed by atoms with Gasteiger partial charge in [0.1, 0.15) is 5.60 Å². The fourth-order valence-electron chi connectivity index (χ4n) is 3.51. The van der Waals surface area contributed by atoms with Gasteiger partial charge in [-0.3, -0.25) is 4.90 Å². The van der Waals surface area contributed by atoms with Crippen LogP contribution in [0.15, 0.2) is 65.6 Å². The van der Waals surface area contributed by atoms with Crippen LogP contribution < -0.4 is 0 Å². The van der Waals surface area contributed by atoms with Gasteiger partial charge in [-0.1, -0.05) is 48.5 Å². The summed E-state index contributed by atoms with van der Waals surface area (Å²) < 4.78 is 26.9. The van der Waals surface area contributed by atoms with Crippen LogP contribution in [0.2, 0.25) is 0 Å². The van der Waals surface area contributed by atoms with Crippen molar-refractivity contribution in [2.45, 2.75) is 43.0 Å². The highest BCUT2D eigenvalue weighted by molar-refractivity contribution is 7.89. The minimum Gasteiger partial charge on any atom is -0.389 e. The number of hydrogen-bond donors (Lipinski definition) is 2. The van der Waals surface area contributed by atoms with Crippen molar-refractivity contribution in [2.24, 2.45) is 0 Å². The van der Waals surface area contributed by atoms with Gasteiger partial charge in [-0.05, 0) is 31.5 Å². The van der Waals surface area contributed by atoms with Crippen LogP contribution in [0, 0.1) is 0 Å². The largest absolute Gasteiger partial charge is 0.389 e. The minimum atomic E-state index is -3.76. The number of sulfonamides is 1. The molecule has 2 aromatic rings. The summed E-state index contributed by atoms with van der Waals surface area (Å²) >= 11 is 0. The van der Waals surface area contributed by atoms with E-state index in [2.05, 4.69) is 4.90 Å². The molecule has 0 saturated carbocycles. The van der Waals surface area contributed by atoms with Gasteiger partial charge in [0.25, 0.3) is 0 Å². The van der Waals surface area contributed by atoms with Crippen molar-refractivity contribution >= 4 is 10.0 Å².